The van der Waals surface area contributed by atoms with Crippen LogP contribution in [0.1, 0.15) is 24.4 Å². The normalized spacial score (nSPS) is 19.1. The third-order valence-electron chi connectivity index (χ3n) is 2.32. The Hall–Kier alpha value is -1.09. The van der Waals surface area contributed by atoms with Crippen molar-refractivity contribution in [1.82, 2.24) is 4.98 Å². The molecule has 1 aliphatic rings. The fourth-order valence-electron chi connectivity index (χ4n) is 1.36. The van der Waals surface area contributed by atoms with Gasteiger partial charge in [-0.1, -0.05) is 6.07 Å². The van der Waals surface area contributed by atoms with E-state index in [4.69, 9.17) is 5.73 Å². The van der Waals surface area contributed by atoms with Crippen LogP contribution in [0.2, 0.25) is 0 Å². The highest BCUT2D eigenvalue weighted by Crippen LogP contribution is 2.38. The fraction of sp³-hybridized carbons (Fsp3) is 0.444. The number of nitrogens with one attached hydrogen (secondary N) is 1. The second-order valence-electron chi connectivity index (χ2n) is 3.35. The molecule has 0 unspecified atom stereocenters. The number of hydrogen-bond acceptors (Lipinski definition) is 2. The van der Waals surface area contributed by atoms with Gasteiger partial charge in [-0.25, -0.2) is 0 Å². The number of aromatic nitrogens is 1. The third kappa shape index (κ3) is 1.41. The van der Waals surface area contributed by atoms with Crippen LogP contribution in [0.15, 0.2) is 23.1 Å². The minimum absolute atomic E-state index is 0.0678. The zero-order valence-electron chi connectivity index (χ0n) is 6.79. The lowest BCUT2D eigenvalue weighted by molar-refractivity contribution is 0.630. The summed E-state index contributed by atoms with van der Waals surface area (Å²) in [4.78, 5) is 13.4. The maximum absolute atomic E-state index is 10.7. The summed E-state index contributed by atoms with van der Waals surface area (Å²) in [6.45, 7) is 0. The van der Waals surface area contributed by atoms with Crippen LogP contribution in [-0.4, -0.2) is 4.98 Å². The van der Waals surface area contributed by atoms with Crippen LogP contribution in [0, 0.1) is 5.92 Å². The van der Waals surface area contributed by atoms with Crippen molar-refractivity contribution >= 4 is 0 Å². The summed E-state index contributed by atoms with van der Waals surface area (Å²) in [6, 6.07) is 3.45. The van der Waals surface area contributed by atoms with Gasteiger partial charge in [-0.05, 0) is 24.3 Å². The molecule has 1 atom stereocenters. The van der Waals surface area contributed by atoms with E-state index in [2.05, 4.69) is 4.98 Å². The maximum Gasteiger partial charge on any atom is 0.247 e. The zero-order chi connectivity index (χ0) is 8.55. The van der Waals surface area contributed by atoms with Gasteiger partial charge in [0.25, 0.3) is 0 Å². The van der Waals surface area contributed by atoms with E-state index in [9.17, 15) is 4.79 Å². The van der Waals surface area contributed by atoms with Crippen molar-refractivity contribution in [3.63, 3.8) is 0 Å². The standard InChI is InChI=1S/C9H12N2O/c10-9(6-1-2-6)7-3-4-8(12)11-5-7/h3-6,9H,1-2,10H2,(H,11,12)/t9-/m1/s1. The highest BCUT2D eigenvalue weighted by molar-refractivity contribution is 5.15. The largest absolute Gasteiger partial charge is 0.329 e. The Bertz CT molecular complexity index is 307. The number of pyridine rings is 1. The minimum Gasteiger partial charge on any atom is -0.329 e. The molecule has 1 fully saturated rings. The highest BCUT2D eigenvalue weighted by Gasteiger charge is 2.29. The summed E-state index contributed by atoms with van der Waals surface area (Å²) in [7, 11) is 0. The van der Waals surface area contributed by atoms with Crippen LogP contribution in [0.3, 0.4) is 0 Å². The first-order chi connectivity index (χ1) is 5.77. The predicted molar refractivity (Wildman–Crippen MR) is 46.7 cm³/mol. The molecule has 2 rings (SSSR count). The topological polar surface area (TPSA) is 58.9 Å². The predicted octanol–water partition coefficient (Wildman–Crippen LogP) is 0.785. The molecule has 0 amide bonds. The van der Waals surface area contributed by atoms with Gasteiger partial charge in [0.1, 0.15) is 0 Å². The SMILES string of the molecule is N[C@@H](c1ccc(=O)[nH]c1)C1CC1. The molecular formula is C9H12N2O. The molecule has 1 aliphatic carbocycles. The van der Waals surface area contributed by atoms with Gasteiger partial charge in [0, 0.05) is 18.3 Å². The first-order valence-corrected chi connectivity index (χ1v) is 4.21. The van der Waals surface area contributed by atoms with Crippen LogP contribution in [0.25, 0.3) is 0 Å². The maximum atomic E-state index is 10.7. The molecule has 0 aliphatic heterocycles. The van der Waals surface area contributed by atoms with E-state index in [-0.39, 0.29) is 11.6 Å². The van der Waals surface area contributed by atoms with E-state index in [0.29, 0.717) is 5.92 Å². The van der Waals surface area contributed by atoms with Gasteiger partial charge < -0.3 is 10.7 Å². The van der Waals surface area contributed by atoms with Gasteiger partial charge in [-0.15, -0.1) is 0 Å². The van der Waals surface area contributed by atoms with Crippen molar-refractivity contribution in [3.8, 4) is 0 Å². The molecule has 12 heavy (non-hydrogen) atoms. The van der Waals surface area contributed by atoms with E-state index in [0.717, 1.165) is 5.56 Å². The molecule has 3 N–H and O–H groups in total. The van der Waals surface area contributed by atoms with Crippen molar-refractivity contribution in [1.29, 1.82) is 0 Å². The average Bonchev–Trinajstić information content (AvgIpc) is 2.87. The number of hydrogen-bond donors (Lipinski definition) is 2. The van der Waals surface area contributed by atoms with Gasteiger partial charge in [0.15, 0.2) is 0 Å². The molecule has 0 saturated heterocycles. The third-order valence-corrected chi connectivity index (χ3v) is 2.32. The van der Waals surface area contributed by atoms with Crippen molar-refractivity contribution in [2.75, 3.05) is 0 Å². The van der Waals surface area contributed by atoms with Gasteiger partial charge in [-0.3, -0.25) is 4.79 Å². The van der Waals surface area contributed by atoms with Crippen LogP contribution in [0.4, 0.5) is 0 Å². The first kappa shape index (κ1) is 7.55. The van der Waals surface area contributed by atoms with E-state index in [1.165, 1.54) is 18.9 Å². The molecule has 0 aromatic carbocycles. The summed E-state index contributed by atoms with van der Waals surface area (Å²) in [5.41, 5.74) is 6.90. The minimum atomic E-state index is -0.0678. The summed E-state index contributed by atoms with van der Waals surface area (Å²) in [5, 5.41) is 0. The molecule has 3 heteroatoms. The molecule has 1 aromatic heterocycles. The second kappa shape index (κ2) is 2.75. The zero-order valence-corrected chi connectivity index (χ0v) is 6.79. The van der Waals surface area contributed by atoms with Crippen molar-refractivity contribution in [2.24, 2.45) is 11.7 Å². The molecule has 1 heterocycles. The van der Waals surface area contributed by atoms with Crippen molar-refractivity contribution in [3.05, 3.63) is 34.2 Å². The molecule has 1 aromatic rings. The Morgan fingerprint density at radius 1 is 1.50 bits per heavy atom. The molecule has 64 valence electrons. The lowest BCUT2D eigenvalue weighted by Gasteiger charge is -2.08. The van der Waals surface area contributed by atoms with E-state index in [1.807, 2.05) is 6.07 Å². The number of rotatable bonds is 2. The summed E-state index contributed by atoms with van der Waals surface area (Å²) in [5.74, 6) is 0.635. The highest BCUT2D eigenvalue weighted by atomic mass is 16.1. The molecule has 0 bridgehead atoms. The Morgan fingerprint density at radius 3 is 2.75 bits per heavy atom. The van der Waals surface area contributed by atoms with Crippen molar-refractivity contribution < 1.29 is 0 Å². The Kier molecular flexibility index (Phi) is 1.73. The number of nitrogens with two attached hydrogens (primary N) is 1. The molecule has 1 saturated carbocycles. The lowest BCUT2D eigenvalue weighted by atomic mass is 10.1. The van der Waals surface area contributed by atoms with E-state index >= 15 is 0 Å². The summed E-state index contributed by atoms with van der Waals surface area (Å²) >= 11 is 0. The molecule has 0 radical (unpaired) electrons. The van der Waals surface area contributed by atoms with Gasteiger partial charge in [-0.2, -0.15) is 0 Å². The Morgan fingerprint density at radius 2 is 2.25 bits per heavy atom. The molecule has 0 spiro atoms. The van der Waals surface area contributed by atoms with E-state index in [1.54, 1.807) is 6.20 Å². The molecular weight excluding hydrogens is 152 g/mol. The molecule has 3 nitrogen and oxygen atoms in total. The summed E-state index contributed by atoms with van der Waals surface area (Å²) in [6.07, 6.45) is 4.16. The van der Waals surface area contributed by atoms with Crippen LogP contribution in [-0.2, 0) is 0 Å². The van der Waals surface area contributed by atoms with Crippen LogP contribution >= 0.6 is 0 Å². The van der Waals surface area contributed by atoms with Gasteiger partial charge in [0.2, 0.25) is 5.56 Å². The summed E-state index contributed by atoms with van der Waals surface area (Å²) < 4.78 is 0. The quantitative estimate of drug-likeness (QED) is 0.678. The van der Waals surface area contributed by atoms with Crippen LogP contribution < -0.4 is 11.3 Å². The van der Waals surface area contributed by atoms with Crippen molar-refractivity contribution in [2.45, 2.75) is 18.9 Å². The van der Waals surface area contributed by atoms with Gasteiger partial charge in [0.05, 0.1) is 0 Å². The number of H-pyrrole nitrogens is 1. The van der Waals surface area contributed by atoms with Gasteiger partial charge >= 0.3 is 0 Å². The monoisotopic (exact) mass is 164 g/mol. The Balaban J connectivity index is 2.21. The fourth-order valence-corrected chi connectivity index (χ4v) is 1.36. The Labute approximate surface area is 70.6 Å². The lowest BCUT2D eigenvalue weighted by Crippen LogP contribution is -2.14. The number of aromatic amines is 1. The first-order valence-electron chi connectivity index (χ1n) is 4.21. The van der Waals surface area contributed by atoms with E-state index < -0.39 is 0 Å². The smallest absolute Gasteiger partial charge is 0.247 e. The van der Waals surface area contributed by atoms with Crippen LogP contribution in [0.5, 0.6) is 0 Å². The second-order valence-corrected chi connectivity index (χ2v) is 3.35. The average molecular weight is 164 g/mol.